The second kappa shape index (κ2) is 4.45. The SMILES string of the molecule is CN(C)S(=O)(=O)Nc1ccc([N+](=O)[O-])cc1. The van der Waals surface area contributed by atoms with E-state index in [0.717, 1.165) is 4.31 Å². The van der Waals surface area contributed by atoms with Crippen LogP contribution in [0.2, 0.25) is 0 Å². The second-order valence-corrected chi connectivity index (χ2v) is 5.08. The fraction of sp³-hybridized carbons (Fsp3) is 0.250. The first-order valence-electron chi connectivity index (χ1n) is 4.27. The molecule has 0 aliphatic heterocycles. The van der Waals surface area contributed by atoms with Crippen molar-refractivity contribution in [3.05, 3.63) is 34.4 Å². The van der Waals surface area contributed by atoms with E-state index in [1.54, 1.807) is 0 Å². The Morgan fingerprint density at radius 2 is 1.75 bits per heavy atom. The van der Waals surface area contributed by atoms with Crippen molar-refractivity contribution < 1.29 is 13.3 Å². The lowest BCUT2D eigenvalue weighted by molar-refractivity contribution is -0.384. The van der Waals surface area contributed by atoms with Gasteiger partial charge in [0.2, 0.25) is 0 Å². The Kier molecular flexibility index (Phi) is 3.45. The lowest BCUT2D eigenvalue weighted by atomic mass is 10.3. The Bertz CT molecular complexity index is 481. The van der Waals surface area contributed by atoms with Gasteiger partial charge in [0.15, 0.2) is 0 Å². The van der Waals surface area contributed by atoms with Crippen molar-refractivity contribution >= 4 is 21.6 Å². The molecule has 8 heteroatoms. The number of nitrogens with zero attached hydrogens (tertiary/aromatic N) is 2. The molecule has 0 aliphatic carbocycles. The van der Waals surface area contributed by atoms with Gasteiger partial charge < -0.3 is 0 Å². The highest BCUT2D eigenvalue weighted by molar-refractivity contribution is 7.90. The molecule has 0 fully saturated rings. The van der Waals surface area contributed by atoms with Crippen LogP contribution in [0.4, 0.5) is 11.4 Å². The average Bonchev–Trinajstić information content (AvgIpc) is 2.17. The summed E-state index contributed by atoms with van der Waals surface area (Å²) in [5.41, 5.74) is 0.187. The third-order valence-corrected chi connectivity index (χ3v) is 3.26. The van der Waals surface area contributed by atoms with Crippen LogP contribution in [0.5, 0.6) is 0 Å². The molecule has 0 amide bonds. The minimum absolute atomic E-state index is 0.0900. The summed E-state index contributed by atoms with van der Waals surface area (Å²) in [6.07, 6.45) is 0. The van der Waals surface area contributed by atoms with Crippen LogP contribution in [0.3, 0.4) is 0 Å². The number of nitro groups is 1. The Balaban J connectivity index is 2.89. The van der Waals surface area contributed by atoms with Gasteiger partial charge >= 0.3 is 10.2 Å². The molecule has 0 saturated heterocycles. The van der Waals surface area contributed by atoms with Crippen LogP contribution < -0.4 is 4.72 Å². The molecule has 1 rings (SSSR count). The number of non-ortho nitro benzene ring substituents is 1. The first-order valence-corrected chi connectivity index (χ1v) is 5.71. The highest BCUT2D eigenvalue weighted by Crippen LogP contribution is 2.16. The number of nitrogens with one attached hydrogen (secondary N) is 1. The van der Waals surface area contributed by atoms with Crippen molar-refractivity contribution in [1.29, 1.82) is 0 Å². The molecule has 0 heterocycles. The van der Waals surface area contributed by atoms with Crippen LogP contribution in [-0.4, -0.2) is 31.7 Å². The molecule has 0 aromatic heterocycles. The second-order valence-electron chi connectivity index (χ2n) is 3.19. The predicted molar refractivity (Wildman–Crippen MR) is 59.3 cm³/mol. The van der Waals surface area contributed by atoms with Crippen LogP contribution in [-0.2, 0) is 10.2 Å². The summed E-state index contributed by atoms with van der Waals surface area (Å²) in [5.74, 6) is 0. The van der Waals surface area contributed by atoms with E-state index in [0.29, 0.717) is 0 Å². The summed E-state index contributed by atoms with van der Waals surface area (Å²) >= 11 is 0. The highest BCUT2D eigenvalue weighted by Gasteiger charge is 2.13. The monoisotopic (exact) mass is 245 g/mol. The molecule has 7 nitrogen and oxygen atoms in total. The van der Waals surface area contributed by atoms with Gasteiger partial charge in [0.05, 0.1) is 10.6 Å². The van der Waals surface area contributed by atoms with E-state index in [4.69, 9.17) is 0 Å². The van der Waals surface area contributed by atoms with Gasteiger partial charge in [0.25, 0.3) is 5.69 Å². The summed E-state index contributed by atoms with van der Waals surface area (Å²) in [6, 6.07) is 5.12. The van der Waals surface area contributed by atoms with Crippen molar-refractivity contribution in [2.24, 2.45) is 0 Å². The fourth-order valence-electron chi connectivity index (χ4n) is 0.891. The number of rotatable bonds is 4. The smallest absolute Gasteiger partial charge is 0.271 e. The van der Waals surface area contributed by atoms with Gasteiger partial charge in [-0.05, 0) is 12.1 Å². The van der Waals surface area contributed by atoms with E-state index in [1.807, 2.05) is 0 Å². The average molecular weight is 245 g/mol. The third kappa shape index (κ3) is 2.91. The zero-order valence-corrected chi connectivity index (χ0v) is 9.56. The molecule has 0 spiro atoms. The summed E-state index contributed by atoms with van der Waals surface area (Å²) in [4.78, 5) is 9.81. The van der Waals surface area contributed by atoms with E-state index in [9.17, 15) is 18.5 Å². The van der Waals surface area contributed by atoms with Gasteiger partial charge in [-0.25, -0.2) is 0 Å². The van der Waals surface area contributed by atoms with Gasteiger partial charge in [-0.1, -0.05) is 0 Å². The van der Waals surface area contributed by atoms with Crippen molar-refractivity contribution in [2.75, 3.05) is 18.8 Å². The maximum atomic E-state index is 11.4. The zero-order chi connectivity index (χ0) is 12.3. The first kappa shape index (κ1) is 12.4. The topological polar surface area (TPSA) is 92.6 Å². The third-order valence-electron chi connectivity index (χ3n) is 1.81. The zero-order valence-electron chi connectivity index (χ0n) is 8.75. The summed E-state index contributed by atoms with van der Waals surface area (Å²) < 4.78 is 26.1. The molecule has 88 valence electrons. The molecule has 0 bridgehead atoms. The maximum absolute atomic E-state index is 11.4. The minimum atomic E-state index is -3.57. The standard InChI is InChI=1S/C8H11N3O4S/c1-10(2)16(14,15)9-7-3-5-8(6-4-7)11(12)13/h3-6,9H,1-2H3. The van der Waals surface area contributed by atoms with Gasteiger partial charge in [-0.3, -0.25) is 14.8 Å². The number of benzene rings is 1. The largest absolute Gasteiger partial charge is 0.301 e. The molecule has 1 aromatic carbocycles. The summed E-state index contributed by atoms with van der Waals surface area (Å²) in [6.45, 7) is 0. The van der Waals surface area contributed by atoms with E-state index >= 15 is 0 Å². The fourth-order valence-corrected chi connectivity index (χ4v) is 1.51. The van der Waals surface area contributed by atoms with Crippen molar-refractivity contribution in [2.45, 2.75) is 0 Å². The number of anilines is 1. The normalized spacial score (nSPS) is 11.4. The van der Waals surface area contributed by atoms with Crippen LogP contribution in [0.25, 0.3) is 0 Å². The van der Waals surface area contributed by atoms with E-state index < -0.39 is 15.1 Å². The molecular weight excluding hydrogens is 234 g/mol. The number of nitro benzene ring substituents is 1. The Morgan fingerprint density at radius 1 is 1.25 bits per heavy atom. The highest BCUT2D eigenvalue weighted by atomic mass is 32.2. The van der Waals surface area contributed by atoms with E-state index in [1.165, 1.54) is 38.4 Å². The summed E-state index contributed by atoms with van der Waals surface area (Å²) in [5, 5.41) is 10.4. The van der Waals surface area contributed by atoms with Crippen molar-refractivity contribution in [3.8, 4) is 0 Å². The van der Waals surface area contributed by atoms with Crippen LogP contribution in [0.1, 0.15) is 0 Å². The van der Waals surface area contributed by atoms with Gasteiger partial charge in [0, 0.05) is 26.2 Å². The molecule has 0 unspecified atom stereocenters. The van der Waals surface area contributed by atoms with Gasteiger partial charge in [-0.2, -0.15) is 12.7 Å². The van der Waals surface area contributed by atoms with Gasteiger partial charge in [-0.15, -0.1) is 0 Å². The number of hydrogen-bond acceptors (Lipinski definition) is 4. The summed E-state index contributed by atoms with van der Waals surface area (Å²) in [7, 11) is -0.806. The number of hydrogen-bond donors (Lipinski definition) is 1. The predicted octanol–water partition coefficient (Wildman–Crippen LogP) is 0.813. The molecule has 1 aromatic rings. The minimum Gasteiger partial charge on any atom is -0.271 e. The molecule has 0 aliphatic rings. The Labute approximate surface area is 93.0 Å². The molecule has 0 atom stereocenters. The molecule has 0 radical (unpaired) electrons. The maximum Gasteiger partial charge on any atom is 0.301 e. The van der Waals surface area contributed by atoms with Crippen LogP contribution in [0, 0.1) is 10.1 Å². The molecule has 1 N–H and O–H groups in total. The Hall–Kier alpha value is -1.67. The van der Waals surface area contributed by atoms with Crippen LogP contribution in [0.15, 0.2) is 24.3 Å². The molecule has 0 saturated carbocycles. The lowest BCUT2D eigenvalue weighted by Crippen LogP contribution is -2.28. The molecule has 16 heavy (non-hydrogen) atoms. The van der Waals surface area contributed by atoms with E-state index in [2.05, 4.69) is 4.72 Å². The lowest BCUT2D eigenvalue weighted by Gasteiger charge is -2.12. The van der Waals surface area contributed by atoms with Crippen LogP contribution >= 0.6 is 0 Å². The van der Waals surface area contributed by atoms with Crippen molar-refractivity contribution in [3.63, 3.8) is 0 Å². The molecular formula is C8H11N3O4S. The quantitative estimate of drug-likeness (QED) is 0.627. The first-order chi connectivity index (χ1) is 7.33. The Morgan fingerprint density at radius 3 is 2.12 bits per heavy atom. The van der Waals surface area contributed by atoms with Crippen molar-refractivity contribution in [1.82, 2.24) is 4.31 Å². The van der Waals surface area contributed by atoms with Gasteiger partial charge in [0.1, 0.15) is 0 Å². The van der Waals surface area contributed by atoms with E-state index in [-0.39, 0.29) is 11.4 Å².